The Labute approximate surface area is 109 Å². The van der Waals surface area contributed by atoms with Crippen LogP contribution in [-0.4, -0.2) is 18.1 Å². The van der Waals surface area contributed by atoms with Crippen LogP contribution in [0.15, 0.2) is 6.58 Å². The summed E-state index contributed by atoms with van der Waals surface area (Å²) >= 11 is 0. The molecule has 3 atom stereocenters. The van der Waals surface area contributed by atoms with Gasteiger partial charge in [0.2, 0.25) is 0 Å². The van der Waals surface area contributed by atoms with Crippen molar-refractivity contribution in [2.24, 2.45) is 11.7 Å². The Hall–Kier alpha value is -1.06. The summed E-state index contributed by atoms with van der Waals surface area (Å²) in [5, 5.41) is 3.51. The molecule has 2 heterocycles. The van der Waals surface area contributed by atoms with Gasteiger partial charge in [0.25, 0.3) is 0 Å². The van der Waals surface area contributed by atoms with Crippen molar-refractivity contribution in [1.82, 2.24) is 10.3 Å². The molecule has 0 radical (unpaired) electrons. The largest absolute Gasteiger partial charge is 0.360 e. The van der Waals surface area contributed by atoms with E-state index >= 15 is 0 Å². The van der Waals surface area contributed by atoms with E-state index in [0.29, 0.717) is 17.8 Å². The second-order valence-electron chi connectivity index (χ2n) is 6.01. The number of rotatable bonds is 2. The summed E-state index contributed by atoms with van der Waals surface area (Å²) in [5.41, 5.74) is 11.7. The zero-order valence-electron chi connectivity index (χ0n) is 11.3. The van der Waals surface area contributed by atoms with Crippen LogP contribution in [0.25, 0.3) is 6.08 Å². The first-order valence-corrected chi connectivity index (χ1v) is 6.97. The molecule has 1 fully saturated rings. The molecule has 1 aromatic rings. The summed E-state index contributed by atoms with van der Waals surface area (Å²) in [6.07, 6.45) is 3.11. The van der Waals surface area contributed by atoms with E-state index in [-0.39, 0.29) is 6.04 Å². The minimum Gasteiger partial charge on any atom is -0.360 e. The zero-order chi connectivity index (χ0) is 12.9. The van der Waals surface area contributed by atoms with Gasteiger partial charge in [0.15, 0.2) is 0 Å². The summed E-state index contributed by atoms with van der Waals surface area (Å²) in [6, 6.07) is 0.160. The molecule has 0 saturated carbocycles. The van der Waals surface area contributed by atoms with Gasteiger partial charge < -0.3 is 16.0 Å². The van der Waals surface area contributed by atoms with Crippen LogP contribution < -0.4 is 11.1 Å². The third-order valence-corrected chi connectivity index (χ3v) is 4.56. The molecule has 3 nitrogen and oxygen atoms in total. The molecular weight excluding hydrogens is 222 g/mol. The molecule has 2 aliphatic rings. The number of nitrogens with one attached hydrogen (secondary N) is 2. The monoisotopic (exact) mass is 245 g/mol. The van der Waals surface area contributed by atoms with E-state index in [1.165, 1.54) is 22.5 Å². The molecule has 1 aliphatic heterocycles. The molecule has 4 N–H and O–H groups in total. The minimum absolute atomic E-state index is 0.160. The molecule has 1 saturated heterocycles. The van der Waals surface area contributed by atoms with E-state index in [1.54, 1.807) is 0 Å². The van der Waals surface area contributed by atoms with Crippen LogP contribution in [-0.2, 0) is 0 Å². The van der Waals surface area contributed by atoms with Gasteiger partial charge in [-0.25, -0.2) is 0 Å². The van der Waals surface area contributed by atoms with Crippen LogP contribution in [0.4, 0.5) is 0 Å². The highest BCUT2D eigenvalue weighted by Gasteiger charge is 2.39. The molecule has 3 unspecified atom stereocenters. The van der Waals surface area contributed by atoms with Gasteiger partial charge in [0.1, 0.15) is 0 Å². The SMILES string of the molecule is C=Cc1c(C(C)C)[nH]c2c1C1CNCC1CC2N. The normalized spacial score (nSPS) is 30.3. The Morgan fingerprint density at radius 3 is 2.83 bits per heavy atom. The van der Waals surface area contributed by atoms with Crippen molar-refractivity contribution >= 4 is 6.08 Å². The lowest BCUT2D eigenvalue weighted by atomic mass is 9.76. The van der Waals surface area contributed by atoms with Gasteiger partial charge in [-0.2, -0.15) is 0 Å². The predicted molar refractivity (Wildman–Crippen MR) is 75.6 cm³/mol. The maximum atomic E-state index is 6.35. The van der Waals surface area contributed by atoms with Crippen LogP contribution in [0.2, 0.25) is 0 Å². The van der Waals surface area contributed by atoms with Crippen molar-refractivity contribution in [3.05, 3.63) is 29.1 Å². The van der Waals surface area contributed by atoms with Crippen molar-refractivity contribution < 1.29 is 0 Å². The molecule has 18 heavy (non-hydrogen) atoms. The van der Waals surface area contributed by atoms with Gasteiger partial charge in [-0.15, -0.1) is 0 Å². The number of hydrogen-bond acceptors (Lipinski definition) is 2. The van der Waals surface area contributed by atoms with Crippen molar-refractivity contribution in [1.29, 1.82) is 0 Å². The van der Waals surface area contributed by atoms with Gasteiger partial charge >= 0.3 is 0 Å². The van der Waals surface area contributed by atoms with Crippen molar-refractivity contribution in [2.45, 2.75) is 38.1 Å². The molecule has 98 valence electrons. The Morgan fingerprint density at radius 2 is 2.17 bits per heavy atom. The number of hydrogen-bond donors (Lipinski definition) is 3. The molecular formula is C15H23N3. The Bertz CT molecular complexity index is 472. The first-order chi connectivity index (χ1) is 8.63. The van der Waals surface area contributed by atoms with Gasteiger partial charge in [0, 0.05) is 29.9 Å². The van der Waals surface area contributed by atoms with Gasteiger partial charge in [0.05, 0.1) is 0 Å². The first-order valence-electron chi connectivity index (χ1n) is 6.97. The molecule has 3 heteroatoms. The van der Waals surface area contributed by atoms with E-state index in [9.17, 15) is 0 Å². The second-order valence-corrected chi connectivity index (χ2v) is 6.01. The number of H-pyrrole nitrogens is 1. The molecule has 1 aliphatic carbocycles. The van der Waals surface area contributed by atoms with Crippen LogP contribution >= 0.6 is 0 Å². The number of aromatic nitrogens is 1. The molecule has 0 spiro atoms. The average molecular weight is 245 g/mol. The van der Waals surface area contributed by atoms with Crippen molar-refractivity contribution in [2.75, 3.05) is 13.1 Å². The maximum absolute atomic E-state index is 6.35. The lowest BCUT2D eigenvalue weighted by Gasteiger charge is -2.29. The van der Waals surface area contributed by atoms with Gasteiger partial charge in [-0.05, 0) is 35.9 Å². The number of fused-ring (bicyclic) bond motifs is 3. The number of aromatic amines is 1. The van der Waals surface area contributed by atoms with E-state index in [4.69, 9.17) is 5.73 Å². The summed E-state index contributed by atoms with van der Waals surface area (Å²) < 4.78 is 0. The van der Waals surface area contributed by atoms with Crippen molar-refractivity contribution in [3.63, 3.8) is 0 Å². The fourth-order valence-corrected chi connectivity index (χ4v) is 3.70. The van der Waals surface area contributed by atoms with E-state index in [1.807, 2.05) is 6.08 Å². The summed E-state index contributed by atoms with van der Waals surface area (Å²) in [6.45, 7) is 10.6. The second kappa shape index (κ2) is 4.25. The first kappa shape index (κ1) is 12.0. The van der Waals surface area contributed by atoms with Crippen molar-refractivity contribution in [3.8, 4) is 0 Å². The smallest absolute Gasteiger partial charge is 0.0454 e. The molecule has 1 aromatic heterocycles. The van der Waals surface area contributed by atoms with Crippen LogP contribution in [0.1, 0.15) is 60.7 Å². The van der Waals surface area contributed by atoms with Gasteiger partial charge in [-0.1, -0.05) is 26.5 Å². The summed E-state index contributed by atoms with van der Waals surface area (Å²) in [4.78, 5) is 3.59. The Kier molecular flexibility index (Phi) is 2.83. The van der Waals surface area contributed by atoms with Crippen LogP contribution in [0.3, 0.4) is 0 Å². The van der Waals surface area contributed by atoms with E-state index < -0.39 is 0 Å². The molecule has 0 bridgehead atoms. The predicted octanol–water partition coefficient (Wildman–Crippen LogP) is 2.49. The maximum Gasteiger partial charge on any atom is 0.0454 e. The molecule has 3 rings (SSSR count). The fraction of sp³-hybridized carbons (Fsp3) is 0.600. The minimum atomic E-state index is 0.160. The lowest BCUT2D eigenvalue weighted by Crippen LogP contribution is -2.27. The highest BCUT2D eigenvalue weighted by Crippen LogP contribution is 2.45. The van der Waals surface area contributed by atoms with E-state index in [2.05, 4.69) is 30.7 Å². The average Bonchev–Trinajstić information content (AvgIpc) is 2.90. The quantitative estimate of drug-likeness (QED) is 0.750. The highest BCUT2D eigenvalue weighted by atomic mass is 14.9. The van der Waals surface area contributed by atoms with E-state index in [0.717, 1.165) is 19.5 Å². The van der Waals surface area contributed by atoms with Crippen LogP contribution in [0, 0.1) is 5.92 Å². The fourth-order valence-electron chi connectivity index (χ4n) is 3.70. The number of nitrogens with two attached hydrogens (primary N) is 1. The Balaban J connectivity index is 2.17. The lowest BCUT2D eigenvalue weighted by molar-refractivity contribution is 0.397. The van der Waals surface area contributed by atoms with Gasteiger partial charge in [-0.3, -0.25) is 0 Å². The third-order valence-electron chi connectivity index (χ3n) is 4.56. The zero-order valence-corrected chi connectivity index (χ0v) is 11.3. The molecule has 0 aromatic carbocycles. The molecule has 0 amide bonds. The Morgan fingerprint density at radius 1 is 1.39 bits per heavy atom. The summed E-state index contributed by atoms with van der Waals surface area (Å²) in [5.74, 6) is 1.81. The highest BCUT2D eigenvalue weighted by molar-refractivity contribution is 5.61. The topological polar surface area (TPSA) is 53.8 Å². The summed E-state index contributed by atoms with van der Waals surface area (Å²) in [7, 11) is 0. The standard InChI is InChI=1S/C15H23N3/c1-4-10-13-11-7-17-6-9(11)5-12(16)15(13)18-14(10)8(2)3/h4,8-9,11-12,17-18H,1,5-7,16H2,2-3H3. The third kappa shape index (κ3) is 1.57. The van der Waals surface area contributed by atoms with Crippen LogP contribution in [0.5, 0.6) is 0 Å².